The van der Waals surface area contributed by atoms with Gasteiger partial charge < -0.3 is 15.1 Å². The molecule has 1 N–H and O–H groups in total. The highest BCUT2D eigenvalue weighted by Crippen LogP contribution is 2.33. The van der Waals surface area contributed by atoms with Gasteiger partial charge in [-0.15, -0.1) is 0 Å². The number of nitrogens with zero attached hydrogens (tertiary/aromatic N) is 6. The highest BCUT2D eigenvalue weighted by molar-refractivity contribution is 5.55. The van der Waals surface area contributed by atoms with Crippen LogP contribution in [0.4, 0.5) is 5.82 Å². The predicted molar refractivity (Wildman–Crippen MR) is 138 cm³/mol. The SMILES string of the molecule is CC(C)NCc1c(CN(C)C2CCCc3cccnc32)nc2cccc(N3CCN(C)CC3)n12. The van der Waals surface area contributed by atoms with E-state index in [9.17, 15) is 0 Å². The van der Waals surface area contributed by atoms with Gasteiger partial charge in [0.15, 0.2) is 0 Å². The Kier molecular flexibility index (Phi) is 6.86. The van der Waals surface area contributed by atoms with Crippen LogP contribution in [0.15, 0.2) is 36.5 Å². The second-order valence-corrected chi connectivity index (χ2v) is 10.3. The van der Waals surface area contributed by atoms with E-state index in [4.69, 9.17) is 9.97 Å². The smallest absolute Gasteiger partial charge is 0.138 e. The number of hydrogen-bond acceptors (Lipinski definition) is 6. The summed E-state index contributed by atoms with van der Waals surface area (Å²) in [5, 5.41) is 3.67. The summed E-state index contributed by atoms with van der Waals surface area (Å²) in [4.78, 5) is 17.3. The quantitative estimate of drug-likeness (QED) is 0.581. The van der Waals surface area contributed by atoms with E-state index in [1.807, 2.05) is 6.20 Å². The molecule has 0 aromatic carbocycles. The van der Waals surface area contributed by atoms with Crippen molar-refractivity contribution in [1.82, 2.24) is 29.5 Å². The average Bonchev–Trinajstić information content (AvgIpc) is 3.19. The summed E-state index contributed by atoms with van der Waals surface area (Å²) in [5.41, 5.74) is 6.14. The number of rotatable bonds is 7. The molecule has 1 aliphatic carbocycles. The van der Waals surface area contributed by atoms with Crippen LogP contribution in [-0.2, 0) is 19.5 Å². The molecule has 3 aromatic heterocycles. The number of imidazole rings is 1. The highest BCUT2D eigenvalue weighted by atomic mass is 15.3. The summed E-state index contributed by atoms with van der Waals surface area (Å²) in [5.74, 6) is 1.26. The van der Waals surface area contributed by atoms with Crippen LogP contribution in [-0.4, -0.2) is 70.5 Å². The molecule has 1 unspecified atom stereocenters. The Labute approximate surface area is 203 Å². The van der Waals surface area contributed by atoms with Crippen LogP contribution >= 0.6 is 0 Å². The molecular weight excluding hydrogens is 422 g/mol. The molecule has 7 nitrogen and oxygen atoms in total. The van der Waals surface area contributed by atoms with Gasteiger partial charge in [-0.1, -0.05) is 26.0 Å². The fraction of sp³-hybridized carbons (Fsp3) is 0.556. The molecule has 3 aromatic rings. The topological polar surface area (TPSA) is 51.9 Å². The monoisotopic (exact) mass is 461 g/mol. The Bertz CT molecular complexity index is 1110. The molecule has 2 aliphatic rings. The fourth-order valence-electron chi connectivity index (χ4n) is 5.43. The molecule has 34 heavy (non-hydrogen) atoms. The third-order valence-corrected chi connectivity index (χ3v) is 7.40. The van der Waals surface area contributed by atoms with Gasteiger partial charge in [-0.3, -0.25) is 14.3 Å². The lowest BCUT2D eigenvalue weighted by Crippen LogP contribution is -2.45. The van der Waals surface area contributed by atoms with Gasteiger partial charge in [0.1, 0.15) is 11.5 Å². The summed E-state index contributed by atoms with van der Waals surface area (Å²) < 4.78 is 2.40. The number of hydrogen-bond donors (Lipinski definition) is 1. The molecule has 7 heteroatoms. The van der Waals surface area contributed by atoms with Crippen molar-refractivity contribution in [3.05, 3.63) is 59.2 Å². The number of aryl methyl sites for hydroxylation is 1. The van der Waals surface area contributed by atoms with Gasteiger partial charge in [0.25, 0.3) is 0 Å². The standard InChI is InChI=1S/C27H39N7/c1-20(2)29-18-24-22(19-32(4)23-10-5-8-21-9-7-13-28-27(21)23)30-25-11-6-12-26(34(24)25)33-16-14-31(3)15-17-33/h6-7,9,11-13,20,23,29H,5,8,10,14-19H2,1-4H3. The molecule has 5 rings (SSSR count). The zero-order valence-corrected chi connectivity index (χ0v) is 21.2. The van der Waals surface area contributed by atoms with Crippen molar-refractivity contribution in [2.45, 2.75) is 58.3 Å². The Balaban J connectivity index is 1.49. The molecule has 1 saturated heterocycles. The second kappa shape index (κ2) is 10.0. The molecule has 1 atom stereocenters. The number of piperazine rings is 1. The van der Waals surface area contributed by atoms with Crippen LogP contribution in [0.25, 0.3) is 5.65 Å². The van der Waals surface area contributed by atoms with E-state index in [1.54, 1.807) is 0 Å². The van der Waals surface area contributed by atoms with E-state index in [-0.39, 0.29) is 0 Å². The summed E-state index contributed by atoms with van der Waals surface area (Å²) in [6, 6.07) is 11.6. The zero-order valence-electron chi connectivity index (χ0n) is 21.2. The van der Waals surface area contributed by atoms with Gasteiger partial charge >= 0.3 is 0 Å². The molecule has 0 spiro atoms. The number of anilines is 1. The van der Waals surface area contributed by atoms with Gasteiger partial charge in [0, 0.05) is 51.5 Å². The van der Waals surface area contributed by atoms with Crippen molar-refractivity contribution >= 4 is 11.5 Å². The van der Waals surface area contributed by atoms with Crippen molar-refractivity contribution in [3.8, 4) is 0 Å². The third-order valence-electron chi connectivity index (χ3n) is 7.40. The number of fused-ring (bicyclic) bond motifs is 2. The van der Waals surface area contributed by atoms with E-state index in [2.05, 4.69) is 82.7 Å². The van der Waals surface area contributed by atoms with Crippen LogP contribution < -0.4 is 10.2 Å². The van der Waals surface area contributed by atoms with Crippen LogP contribution in [0.5, 0.6) is 0 Å². The lowest BCUT2D eigenvalue weighted by Gasteiger charge is -2.34. The van der Waals surface area contributed by atoms with Crippen LogP contribution in [0, 0.1) is 0 Å². The van der Waals surface area contributed by atoms with Crippen LogP contribution in [0.1, 0.15) is 55.4 Å². The first kappa shape index (κ1) is 23.3. The van der Waals surface area contributed by atoms with Crippen molar-refractivity contribution in [3.63, 3.8) is 0 Å². The highest BCUT2D eigenvalue weighted by Gasteiger charge is 2.27. The molecular formula is C27H39N7. The first-order valence-electron chi connectivity index (χ1n) is 12.8. The van der Waals surface area contributed by atoms with Crippen LogP contribution in [0.3, 0.4) is 0 Å². The van der Waals surface area contributed by atoms with E-state index in [1.165, 1.54) is 34.9 Å². The zero-order chi connectivity index (χ0) is 23.7. The molecule has 0 bridgehead atoms. The molecule has 1 fully saturated rings. The Morgan fingerprint density at radius 3 is 2.74 bits per heavy atom. The average molecular weight is 462 g/mol. The number of pyridine rings is 2. The van der Waals surface area contributed by atoms with Gasteiger partial charge in [-0.05, 0) is 57.1 Å². The van der Waals surface area contributed by atoms with Gasteiger partial charge in [0.2, 0.25) is 0 Å². The van der Waals surface area contributed by atoms with Crippen molar-refractivity contribution in [1.29, 1.82) is 0 Å². The predicted octanol–water partition coefficient (Wildman–Crippen LogP) is 3.49. The maximum Gasteiger partial charge on any atom is 0.138 e. The van der Waals surface area contributed by atoms with Gasteiger partial charge in [-0.2, -0.15) is 0 Å². The minimum atomic E-state index is 0.345. The summed E-state index contributed by atoms with van der Waals surface area (Å²) in [7, 11) is 4.44. The maximum absolute atomic E-state index is 5.18. The lowest BCUT2D eigenvalue weighted by molar-refractivity contribution is 0.206. The van der Waals surface area contributed by atoms with E-state index in [0.29, 0.717) is 12.1 Å². The molecule has 4 heterocycles. The molecule has 0 radical (unpaired) electrons. The molecule has 182 valence electrons. The summed E-state index contributed by atoms with van der Waals surface area (Å²) in [6.07, 6.45) is 5.45. The number of aromatic nitrogens is 3. The normalized spacial score (nSPS) is 19.4. The van der Waals surface area contributed by atoms with E-state index in [0.717, 1.165) is 57.8 Å². The summed E-state index contributed by atoms with van der Waals surface area (Å²) >= 11 is 0. The number of nitrogens with one attached hydrogen (secondary N) is 1. The summed E-state index contributed by atoms with van der Waals surface area (Å²) in [6.45, 7) is 10.3. The minimum absolute atomic E-state index is 0.345. The van der Waals surface area contributed by atoms with Crippen molar-refractivity contribution in [2.75, 3.05) is 45.2 Å². The number of likely N-dealkylation sites (N-methyl/N-ethyl adjacent to an activating group) is 1. The van der Waals surface area contributed by atoms with Crippen LogP contribution in [0.2, 0.25) is 0 Å². The minimum Gasteiger partial charge on any atom is -0.355 e. The molecule has 1 aliphatic heterocycles. The molecule has 0 saturated carbocycles. The Morgan fingerprint density at radius 2 is 1.94 bits per heavy atom. The Morgan fingerprint density at radius 1 is 1.12 bits per heavy atom. The van der Waals surface area contributed by atoms with Gasteiger partial charge in [0.05, 0.1) is 23.1 Å². The van der Waals surface area contributed by atoms with E-state index < -0.39 is 0 Å². The van der Waals surface area contributed by atoms with E-state index >= 15 is 0 Å². The van der Waals surface area contributed by atoms with Crippen molar-refractivity contribution in [2.24, 2.45) is 0 Å². The van der Waals surface area contributed by atoms with Crippen molar-refractivity contribution < 1.29 is 0 Å². The third kappa shape index (κ3) is 4.69. The lowest BCUT2D eigenvalue weighted by atomic mass is 9.91. The first-order chi connectivity index (χ1) is 16.5. The maximum atomic E-state index is 5.18. The Hall–Kier alpha value is -2.48. The first-order valence-corrected chi connectivity index (χ1v) is 12.8. The molecule has 0 amide bonds. The largest absolute Gasteiger partial charge is 0.355 e. The van der Waals surface area contributed by atoms with Gasteiger partial charge in [-0.25, -0.2) is 4.98 Å². The fourth-order valence-corrected chi connectivity index (χ4v) is 5.43. The second-order valence-electron chi connectivity index (χ2n) is 10.3.